The summed E-state index contributed by atoms with van der Waals surface area (Å²) < 4.78 is 9.91. The quantitative estimate of drug-likeness (QED) is 0.515. The fourth-order valence-corrected chi connectivity index (χ4v) is 1.21. The normalized spacial score (nSPS) is 12.8. The number of carbonyl (C=O) groups excluding carboxylic acids is 2. The molecule has 4 nitrogen and oxygen atoms in total. The Kier molecular flexibility index (Phi) is 5.78. The van der Waals surface area contributed by atoms with E-state index in [0.29, 0.717) is 0 Å². The maximum absolute atomic E-state index is 10.7. The smallest absolute Gasteiger partial charge is 0.302 e. The molecule has 92 valence electrons. The molecule has 0 fully saturated rings. The number of rotatable bonds is 6. The molecule has 0 spiro atoms. The van der Waals surface area contributed by atoms with E-state index in [1.807, 2.05) is 13.8 Å². The van der Waals surface area contributed by atoms with Crippen LogP contribution in [0.15, 0.2) is 12.7 Å². The Morgan fingerprint density at radius 3 is 2.12 bits per heavy atom. The highest BCUT2D eigenvalue weighted by Crippen LogP contribution is 2.28. The van der Waals surface area contributed by atoms with Crippen LogP contribution in [0.2, 0.25) is 0 Å². The molecule has 16 heavy (non-hydrogen) atoms. The fourth-order valence-electron chi connectivity index (χ4n) is 1.21. The second kappa shape index (κ2) is 6.30. The predicted molar refractivity (Wildman–Crippen MR) is 60.7 cm³/mol. The van der Waals surface area contributed by atoms with Crippen LogP contribution >= 0.6 is 0 Å². The van der Waals surface area contributed by atoms with Gasteiger partial charge in [-0.05, 0) is 0 Å². The maximum atomic E-state index is 10.7. The molecule has 0 bridgehead atoms. The minimum Gasteiger partial charge on any atom is -0.465 e. The van der Waals surface area contributed by atoms with Gasteiger partial charge in [0, 0.05) is 25.2 Å². The summed E-state index contributed by atoms with van der Waals surface area (Å²) >= 11 is 0. The molecule has 0 saturated carbocycles. The summed E-state index contributed by atoms with van der Waals surface area (Å²) in [6, 6.07) is 0. The van der Waals surface area contributed by atoms with Crippen molar-refractivity contribution in [2.24, 2.45) is 11.3 Å². The van der Waals surface area contributed by atoms with Gasteiger partial charge in [0.15, 0.2) is 0 Å². The van der Waals surface area contributed by atoms with E-state index < -0.39 is 0 Å². The second-order valence-corrected chi connectivity index (χ2v) is 4.41. The van der Waals surface area contributed by atoms with Gasteiger partial charge < -0.3 is 9.47 Å². The average Bonchev–Trinajstić information content (AvgIpc) is 2.15. The molecule has 0 heterocycles. The highest BCUT2D eigenvalue weighted by Gasteiger charge is 2.29. The minimum atomic E-state index is -0.324. The van der Waals surface area contributed by atoms with E-state index in [9.17, 15) is 9.59 Å². The molecule has 0 N–H and O–H groups in total. The van der Waals surface area contributed by atoms with E-state index in [-0.39, 0.29) is 36.5 Å². The van der Waals surface area contributed by atoms with Gasteiger partial charge in [-0.15, -0.1) is 6.58 Å². The number of esters is 2. The minimum absolute atomic E-state index is 0.0456. The number of ether oxygens (including phenoxy) is 2. The van der Waals surface area contributed by atoms with Crippen LogP contribution in [0.1, 0.15) is 27.7 Å². The summed E-state index contributed by atoms with van der Waals surface area (Å²) in [5, 5.41) is 0. The molecule has 0 aromatic carbocycles. The van der Waals surface area contributed by atoms with Gasteiger partial charge in [0.1, 0.15) is 0 Å². The van der Waals surface area contributed by atoms with Crippen LogP contribution in [0.5, 0.6) is 0 Å². The average molecular weight is 228 g/mol. The predicted octanol–water partition coefficient (Wildman–Crippen LogP) is 1.94. The first-order valence-corrected chi connectivity index (χ1v) is 5.19. The summed E-state index contributed by atoms with van der Waals surface area (Å²) in [7, 11) is 0. The lowest BCUT2D eigenvalue weighted by Gasteiger charge is -2.31. The molecule has 0 amide bonds. The van der Waals surface area contributed by atoms with Crippen molar-refractivity contribution in [2.45, 2.75) is 27.7 Å². The van der Waals surface area contributed by atoms with Crippen LogP contribution in [-0.2, 0) is 19.1 Å². The molecule has 0 aliphatic rings. The lowest BCUT2D eigenvalue weighted by Crippen LogP contribution is -2.32. The van der Waals surface area contributed by atoms with Gasteiger partial charge in [0.2, 0.25) is 0 Å². The van der Waals surface area contributed by atoms with E-state index in [2.05, 4.69) is 6.58 Å². The first kappa shape index (κ1) is 14.7. The zero-order chi connectivity index (χ0) is 12.8. The third-order valence-electron chi connectivity index (χ3n) is 2.40. The summed E-state index contributed by atoms with van der Waals surface area (Å²) in [6.07, 6.45) is 1.71. The SMILES string of the molecule is C=CC(COC(C)=O)C(C)(C)COC(C)=O. The van der Waals surface area contributed by atoms with Gasteiger partial charge >= 0.3 is 11.9 Å². The molecular weight excluding hydrogens is 208 g/mol. The summed E-state index contributed by atoms with van der Waals surface area (Å²) in [5.41, 5.74) is -0.303. The van der Waals surface area contributed by atoms with Crippen LogP contribution in [0.3, 0.4) is 0 Å². The van der Waals surface area contributed by atoms with Gasteiger partial charge in [-0.3, -0.25) is 9.59 Å². The Morgan fingerprint density at radius 1 is 1.25 bits per heavy atom. The van der Waals surface area contributed by atoms with Crippen LogP contribution in [0, 0.1) is 11.3 Å². The van der Waals surface area contributed by atoms with Crippen LogP contribution < -0.4 is 0 Å². The van der Waals surface area contributed by atoms with Gasteiger partial charge in [-0.25, -0.2) is 0 Å². The Balaban J connectivity index is 4.34. The maximum Gasteiger partial charge on any atom is 0.302 e. The molecule has 0 saturated heterocycles. The lowest BCUT2D eigenvalue weighted by atomic mass is 9.80. The highest BCUT2D eigenvalue weighted by atomic mass is 16.5. The topological polar surface area (TPSA) is 52.6 Å². The van der Waals surface area contributed by atoms with Crippen molar-refractivity contribution in [1.29, 1.82) is 0 Å². The van der Waals surface area contributed by atoms with Crippen molar-refractivity contribution in [1.82, 2.24) is 0 Å². The standard InChI is InChI=1S/C12H20O4/c1-6-11(7-15-9(2)13)12(4,5)8-16-10(3)14/h6,11H,1,7-8H2,2-5H3. The molecule has 0 radical (unpaired) electrons. The van der Waals surface area contributed by atoms with E-state index in [1.165, 1.54) is 13.8 Å². The molecular formula is C12H20O4. The fraction of sp³-hybridized carbons (Fsp3) is 0.667. The molecule has 0 aromatic heterocycles. The summed E-state index contributed by atoms with van der Waals surface area (Å²) in [5.74, 6) is -0.686. The monoisotopic (exact) mass is 228 g/mol. The lowest BCUT2D eigenvalue weighted by molar-refractivity contribution is -0.148. The van der Waals surface area contributed by atoms with Crippen LogP contribution in [0.4, 0.5) is 0 Å². The molecule has 0 aliphatic heterocycles. The third kappa shape index (κ3) is 5.53. The number of hydrogen-bond acceptors (Lipinski definition) is 4. The first-order valence-electron chi connectivity index (χ1n) is 5.19. The van der Waals surface area contributed by atoms with Crippen LogP contribution in [0.25, 0.3) is 0 Å². The molecule has 0 aromatic rings. The highest BCUT2D eigenvalue weighted by molar-refractivity contribution is 5.66. The van der Waals surface area contributed by atoms with Crippen molar-refractivity contribution < 1.29 is 19.1 Å². The summed E-state index contributed by atoms with van der Waals surface area (Å²) in [6.45, 7) is 10.8. The number of hydrogen-bond donors (Lipinski definition) is 0. The van der Waals surface area contributed by atoms with Crippen LogP contribution in [-0.4, -0.2) is 25.2 Å². The van der Waals surface area contributed by atoms with Gasteiger partial charge in [-0.1, -0.05) is 19.9 Å². The van der Waals surface area contributed by atoms with Gasteiger partial charge in [0.25, 0.3) is 0 Å². The Morgan fingerprint density at radius 2 is 1.75 bits per heavy atom. The Labute approximate surface area is 96.6 Å². The van der Waals surface area contributed by atoms with Crippen molar-refractivity contribution >= 4 is 11.9 Å². The molecule has 0 rings (SSSR count). The third-order valence-corrected chi connectivity index (χ3v) is 2.40. The van der Waals surface area contributed by atoms with E-state index in [1.54, 1.807) is 6.08 Å². The molecule has 4 heteroatoms. The van der Waals surface area contributed by atoms with E-state index >= 15 is 0 Å². The zero-order valence-corrected chi connectivity index (χ0v) is 10.4. The van der Waals surface area contributed by atoms with Crippen molar-refractivity contribution in [2.75, 3.05) is 13.2 Å². The van der Waals surface area contributed by atoms with E-state index in [0.717, 1.165) is 0 Å². The summed E-state index contributed by atoms with van der Waals surface area (Å²) in [4.78, 5) is 21.4. The Bertz CT molecular complexity index is 268. The number of carbonyl (C=O) groups is 2. The second-order valence-electron chi connectivity index (χ2n) is 4.41. The van der Waals surface area contributed by atoms with Gasteiger partial charge in [0.05, 0.1) is 13.2 Å². The van der Waals surface area contributed by atoms with E-state index in [4.69, 9.17) is 9.47 Å². The first-order chi connectivity index (χ1) is 7.29. The largest absolute Gasteiger partial charge is 0.465 e. The molecule has 1 unspecified atom stereocenters. The Hall–Kier alpha value is -1.32. The van der Waals surface area contributed by atoms with Crippen molar-refractivity contribution in [3.8, 4) is 0 Å². The van der Waals surface area contributed by atoms with Crippen molar-refractivity contribution in [3.05, 3.63) is 12.7 Å². The molecule has 0 aliphatic carbocycles. The van der Waals surface area contributed by atoms with Gasteiger partial charge in [-0.2, -0.15) is 0 Å². The van der Waals surface area contributed by atoms with Crippen molar-refractivity contribution in [3.63, 3.8) is 0 Å². The zero-order valence-electron chi connectivity index (χ0n) is 10.4. The molecule has 1 atom stereocenters.